The first-order chi connectivity index (χ1) is 14.1. The average Bonchev–Trinajstić information content (AvgIpc) is 3.01. The molecule has 0 spiro atoms. The summed E-state index contributed by atoms with van der Waals surface area (Å²) >= 11 is 0. The highest BCUT2D eigenvalue weighted by molar-refractivity contribution is 6.09. The summed E-state index contributed by atoms with van der Waals surface area (Å²) < 4.78 is 0. The maximum absolute atomic E-state index is 13.6. The zero-order valence-electron chi connectivity index (χ0n) is 16.0. The summed E-state index contributed by atoms with van der Waals surface area (Å²) in [6, 6.07) is 26.2. The normalized spacial score (nSPS) is 18.7. The van der Waals surface area contributed by atoms with Crippen molar-refractivity contribution in [2.24, 2.45) is 10.7 Å². The number of nitrogens with two attached hydrogens (primary N) is 1. The maximum atomic E-state index is 13.6. The van der Waals surface area contributed by atoms with Crippen molar-refractivity contribution < 1.29 is 9.90 Å². The van der Waals surface area contributed by atoms with E-state index < -0.39 is 5.54 Å². The van der Waals surface area contributed by atoms with Crippen LogP contribution in [0.2, 0.25) is 0 Å². The smallest absolute Gasteiger partial charge is 0.266 e. The third kappa shape index (κ3) is 3.47. The number of phenols is 1. The summed E-state index contributed by atoms with van der Waals surface area (Å²) in [5.74, 6) is 0.0945. The Balaban J connectivity index is 1.65. The lowest BCUT2D eigenvalue weighted by Gasteiger charge is -2.27. The van der Waals surface area contributed by atoms with Crippen molar-refractivity contribution in [3.8, 4) is 5.75 Å². The summed E-state index contributed by atoms with van der Waals surface area (Å²) in [4.78, 5) is 19.8. The van der Waals surface area contributed by atoms with Gasteiger partial charge in [0.25, 0.3) is 5.91 Å². The molecule has 4 rings (SSSR count). The molecule has 0 aliphatic carbocycles. The van der Waals surface area contributed by atoms with E-state index in [4.69, 9.17) is 5.73 Å². The monoisotopic (exact) mass is 385 g/mol. The van der Waals surface area contributed by atoms with Crippen molar-refractivity contribution in [3.63, 3.8) is 0 Å². The Bertz CT molecular complexity index is 1030. The first-order valence-electron chi connectivity index (χ1n) is 9.67. The van der Waals surface area contributed by atoms with Gasteiger partial charge in [-0.2, -0.15) is 0 Å². The number of hydrogen-bond donors (Lipinski definition) is 2. The molecular formula is C24H23N3O2. The average molecular weight is 385 g/mol. The second-order valence-corrected chi connectivity index (χ2v) is 7.14. The lowest BCUT2D eigenvalue weighted by atomic mass is 9.82. The van der Waals surface area contributed by atoms with Gasteiger partial charge in [-0.25, -0.2) is 4.99 Å². The number of nitrogens with zero attached hydrogens (tertiary/aromatic N) is 2. The van der Waals surface area contributed by atoms with Gasteiger partial charge in [0.05, 0.1) is 0 Å². The minimum absolute atomic E-state index is 0.0851. The van der Waals surface area contributed by atoms with Gasteiger partial charge in [0.15, 0.2) is 11.5 Å². The minimum atomic E-state index is -1.28. The number of rotatable bonds is 6. The zero-order chi connectivity index (χ0) is 20.3. The number of carbonyl (C=O) groups is 1. The Morgan fingerprint density at radius 3 is 2.24 bits per heavy atom. The van der Waals surface area contributed by atoms with E-state index in [9.17, 15) is 9.90 Å². The molecule has 0 radical (unpaired) electrons. The van der Waals surface area contributed by atoms with E-state index in [1.165, 1.54) is 5.56 Å². The van der Waals surface area contributed by atoms with Crippen LogP contribution in [0.1, 0.15) is 23.1 Å². The molecule has 0 bridgehead atoms. The molecule has 0 fully saturated rings. The van der Waals surface area contributed by atoms with Gasteiger partial charge in [-0.1, -0.05) is 72.8 Å². The number of carbonyl (C=O) groups excluding carboxylic acids is 1. The van der Waals surface area contributed by atoms with E-state index in [1.807, 2.05) is 48.5 Å². The van der Waals surface area contributed by atoms with E-state index in [2.05, 4.69) is 17.1 Å². The second kappa shape index (κ2) is 7.80. The van der Waals surface area contributed by atoms with Crippen molar-refractivity contribution in [2.75, 3.05) is 6.54 Å². The summed E-state index contributed by atoms with van der Waals surface area (Å²) in [6.07, 6.45) is 1.62. The number of aryl methyl sites for hydroxylation is 1. The van der Waals surface area contributed by atoms with Crippen LogP contribution in [0.3, 0.4) is 0 Å². The quantitative estimate of drug-likeness (QED) is 0.682. The molecule has 5 heteroatoms. The largest absolute Gasteiger partial charge is 0.508 e. The van der Waals surface area contributed by atoms with Crippen LogP contribution in [-0.4, -0.2) is 28.4 Å². The fourth-order valence-electron chi connectivity index (χ4n) is 3.83. The molecule has 1 heterocycles. The van der Waals surface area contributed by atoms with Crippen molar-refractivity contribution in [3.05, 3.63) is 102 Å². The van der Waals surface area contributed by atoms with Crippen molar-refractivity contribution in [1.82, 2.24) is 4.90 Å². The molecule has 0 aromatic heterocycles. The topological polar surface area (TPSA) is 78.9 Å². The fourth-order valence-corrected chi connectivity index (χ4v) is 3.83. The van der Waals surface area contributed by atoms with Gasteiger partial charge in [-0.3, -0.25) is 9.69 Å². The van der Waals surface area contributed by atoms with Crippen LogP contribution in [0, 0.1) is 0 Å². The Labute approximate surface area is 170 Å². The molecule has 5 nitrogen and oxygen atoms in total. The van der Waals surface area contributed by atoms with E-state index in [0.717, 1.165) is 18.4 Å². The number of aromatic hydroxyl groups is 1. The summed E-state index contributed by atoms with van der Waals surface area (Å²) in [7, 11) is 0. The highest BCUT2D eigenvalue weighted by atomic mass is 16.3. The van der Waals surface area contributed by atoms with Crippen LogP contribution in [0.5, 0.6) is 5.75 Å². The molecule has 1 aliphatic heterocycles. The van der Waals surface area contributed by atoms with Gasteiger partial charge in [0.1, 0.15) is 5.75 Å². The number of aliphatic imine (C=N–C) groups is 1. The van der Waals surface area contributed by atoms with Gasteiger partial charge in [0.2, 0.25) is 0 Å². The van der Waals surface area contributed by atoms with Crippen LogP contribution in [0.15, 0.2) is 89.9 Å². The van der Waals surface area contributed by atoms with E-state index >= 15 is 0 Å². The van der Waals surface area contributed by atoms with Crippen molar-refractivity contribution in [1.29, 1.82) is 0 Å². The maximum Gasteiger partial charge on any atom is 0.266 e. The molecule has 3 aromatic carbocycles. The zero-order valence-corrected chi connectivity index (χ0v) is 16.0. The molecule has 146 valence electrons. The van der Waals surface area contributed by atoms with E-state index in [-0.39, 0.29) is 17.6 Å². The lowest BCUT2D eigenvalue weighted by molar-refractivity contribution is -0.130. The summed E-state index contributed by atoms with van der Waals surface area (Å²) in [5.41, 5.74) is 7.49. The Kier molecular flexibility index (Phi) is 5.04. The first kappa shape index (κ1) is 18.7. The number of guanidine groups is 1. The van der Waals surface area contributed by atoms with E-state index in [0.29, 0.717) is 12.1 Å². The molecule has 3 aromatic rings. The predicted molar refractivity (Wildman–Crippen MR) is 113 cm³/mol. The SMILES string of the molecule is NC1=NC(c2ccccc2)(c2cccc(O)c2)C(=O)N1CCCc1ccccc1. The number of benzene rings is 3. The molecule has 1 amide bonds. The molecule has 0 saturated heterocycles. The molecule has 1 atom stereocenters. The van der Waals surface area contributed by atoms with Crippen LogP contribution in [0.4, 0.5) is 0 Å². The van der Waals surface area contributed by atoms with E-state index in [1.54, 1.807) is 29.2 Å². The highest BCUT2D eigenvalue weighted by Crippen LogP contribution is 2.40. The van der Waals surface area contributed by atoms with Gasteiger partial charge < -0.3 is 10.8 Å². The third-order valence-electron chi connectivity index (χ3n) is 5.26. The highest BCUT2D eigenvalue weighted by Gasteiger charge is 2.50. The van der Waals surface area contributed by atoms with Crippen molar-refractivity contribution in [2.45, 2.75) is 18.4 Å². The van der Waals surface area contributed by atoms with Gasteiger partial charge in [-0.05, 0) is 41.7 Å². The Morgan fingerprint density at radius 1 is 0.897 bits per heavy atom. The van der Waals surface area contributed by atoms with Gasteiger partial charge in [0, 0.05) is 6.54 Å². The Morgan fingerprint density at radius 2 is 1.55 bits per heavy atom. The molecule has 0 saturated carbocycles. The van der Waals surface area contributed by atoms with Gasteiger partial charge in [-0.15, -0.1) is 0 Å². The Hall–Kier alpha value is -3.60. The molecule has 1 unspecified atom stereocenters. The lowest BCUT2D eigenvalue weighted by Crippen LogP contribution is -2.44. The van der Waals surface area contributed by atoms with Crippen LogP contribution < -0.4 is 5.73 Å². The standard InChI is InChI=1S/C24H23N3O2/c25-23-26-24(19-12-5-2-6-13-19,20-14-7-15-21(28)17-20)22(29)27(23)16-8-11-18-9-3-1-4-10-18/h1-7,9-10,12-15,17,28H,8,11,16H2,(H2,25,26). The first-order valence-corrected chi connectivity index (χ1v) is 9.67. The summed E-state index contributed by atoms with van der Waals surface area (Å²) in [6.45, 7) is 0.483. The number of phenolic OH excluding ortho intramolecular Hbond substituents is 1. The van der Waals surface area contributed by atoms with Crippen molar-refractivity contribution >= 4 is 11.9 Å². The minimum Gasteiger partial charge on any atom is -0.508 e. The molecule has 3 N–H and O–H groups in total. The van der Waals surface area contributed by atoms with Crippen LogP contribution >= 0.6 is 0 Å². The number of hydrogen-bond acceptors (Lipinski definition) is 4. The van der Waals surface area contributed by atoms with Gasteiger partial charge >= 0.3 is 0 Å². The molecule has 1 aliphatic rings. The molecule has 29 heavy (non-hydrogen) atoms. The molecular weight excluding hydrogens is 362 g/mol. The fraction of sp³-hybridized carbons (Fsp3) is 0.167. The van der Waals surface area contributed by atoms with Crippen LogP contribution in [0.25, 0.3) is 0 Å². The predicted octanol–water partition coefficient (Wildman–Crippen LogP) is 3.43. The number of amides is 1. The third-order valence-corrected chi connectivity index (χ3v) is 5.26. The summed E-state index contributed by atoms with van der Waals surface area (Å²) in [5, 5.41) is 10.0. The second-order valence-electron chi connectivity index (χ2n) is 7.14. The van der Waals surface area contributed by atoms with Crippen LogP contribution in [-0.2, 0) is 16.8 Å².